The monoisotopic (exact) mass is 452 g/mol. The Morgan fingerprint density at radius 2 is 2.14 bits per heavy atom. The molecule has 0 aliphatic heterocycles. The Hall–Kier alpha value is -2.43. The number of benzene rings is 1. The molecule has 2 aromatic heterocycles. The number of thioether (sulfide) groups is 1. The van der Waals surface area contributed by atoms with Crippen molar-refractivity contribution < 1.29 is 9.72 Å². The Bertz CT molecular complexity index is 1190. The van der Waals surface area contributed by atoms with Crippen LogP contribution in [0.5, 0.6) is 0 Å². The number of anilines is 1. The molecule has 1 amide bonds. The van der Waals surface area contributed by atoms with E-state index in [0.29, 0.717) is 21.9 Å². The van der Waals surface area contributed by atoms with Crippen LogP contribution < -0.4 is 10.9 Å². The highest BCUT2D eigenvalue weighted by Crippen LogP contribution is 2.29. The van der Waals surface area contributed by atoms with Gasteiger partial charge < -0.3 is 5.32 Å². The number of hydrogen-bond acceptors (Lipinski definition) is 7. The zero-order valence-corrected chi connectivity index (χ0v) is 18.2. The topological polar surface area (TPSA) is 107 Å². The molecule has 8 nitrogen and oxygen atoms in total. The maximum atomic E-state index is 12.8. The van der Waals surface area contributed by atoms with Gasteiger partial charge in [-0.05, 0) is 32.4 Å². The highest BCUT2D eigenvalue weighted by molar-refractivity contribution is 7.99. The molecule has 3 rings (SSSR count). The number of carbonyl (C=O) groups excluding carboxylic acids is 1. The Morgan fingerprint density at radius 1 is 1.41 bits per heavy atom. The summed E-state index contributed by atoms with van der Waals surface area (Å²) in [7, 11) is 0. The fraction of sp³-hybridized carbons (Fsp3) is 0.278. The summed E-state index contributed by atoms with van der Waals surface area (Å²) in [5.41, 5.74) is 0.795. The van der Waals surface area contributed by atoms with Crippen LogP contribution in [0.4, 0.5) is 11.4 Å². The lowest BCUT2D eigenvalue weighted by molar-refractivity contribution is -0.384. The Kier molecular flexibility index (Phi) is 6.25. The zero-order valence-electron chi connectivity index (χ0n) is 15.8. The molecule has 29 heavy (non-hydrogen) atoms. The number of fused-ring (bicyclic) bond motifs is 1. The van der Waals surface area contributed by atoms with Crippen LogP contribution in [-0.4, -0.2) is 26.1 Å². The molecule has 0 saturated heterocycles. The highest BCUT2D eigenvalue weighted by Gasteiger charge is 2.18. The predicted molar refractivity (Wildman–Crippen MR) is 116 cm³/mol. The Morgan fingerprint density at radius 3 is 2.79 bits per heavy atom. The van der Waals surface area contributed by atoms with E-state index < -0.39 is 10.8 Å². The maximum Gasteiger partial charge on any atom is 0.271 e. The number of amides is 1. The summed E-state index contributed by atoms with van der Waals surface area (Å²) in [6.45, 7) is 6.12. The Labute approximate surface area is 179 Å². The summed E-state index contributed by atoms with van der Waals surface area (Å²) < 4.78 is 1.54. The van der Waals surface area contributed by atoms with E-state index in [-0.39, 0.29) is 27.7 Å². The third kappa shape index (κ3) is 4.29. The smallest absolute Gasteiger partial charge is 0.271 e. The van der Waals surface area contributed by atoms with Gasteiger partial charge in [-0.15, -0.1) is 11.3 Å². The minimum Gasteiger partial charge on any atom is -0.324 e. The van der Waals surface area contributed by atoms with Crippen molar-refractivity contribution in [2.24, 2.45) is 0 Å². The lowest BCUT2D eigenvalue weighted by Crippen LogP contribution is -2.23. The molecule has 0 spiro atoms. The summed E-state index contributed by atoms with van der Waals surface area (Å²) in [5.74, 6) is -0.437. The third-order valence-corrected chi connectivity index (χ3v) is 6.74. The molecule has 2 heterocycles. The molecule has 3 aromatic rings. The van der Waals surface area contributed by atoms with Crippen molar-refractivity contribution in [3.63, 3.8) is 0 Å². The van der Waals surface area contributed by atoms with Gasteiger partial charge in [0.2, 0.25) is 5.91 Å². The van der Waals surface area contributed by atoms with Gasteiger partial charge in [-0.1, -0.05) is 23.4 Å². The van der Waals surface area contributed by atoms with Gasteiger partial charge in [0.25, 0.3) is 11.2 Å². The lowest BCUT2D eigenvalue weighted by atomic mass is 10.2. The summed E-state index contributed by atoms with van der Waals surface area (Å²) in [5, 5.41) is 14.7. The number of carbonyl (C=O) groups is 1. The highest BCUT2D eigenvalue weighted by atomic mass is 35.5. The van der Waals surface area contributed by atoms with Crippen LogP contribution in [0.1, 0.15) is 17.4 Å². The molecule has 0 atom stereocenters. The first-order valence-electron chi connectivity index (χ1n) is 8.60. The van der Waals surface area contributed by atoms with Gasteiger partial charge in [-0.3, -0.25) is 24.3 Å². The van der Waals surface area contributed by atoms with E-state index in [1.54, 1.807) is 4.57 Å². The number of nitro benzene ring substituents is 1. The van der Waals surface area contributed by atoms with Crippen LogP contribution in [0.15, 0.2) is 28.2 Å². The molecule has 0 aliphatic rings. The van der Waals surface area contributed by atoms with E-state index in [0.717, 1.165) is 22.2 Å². The number of nitrogens with one attached hydrogen (secondary N) is 1. The number of nitro groups is 1. The molecular weight excluding hydrogens is 436 g/mol. The van der Waals surface area contributed by atoms with Gasteiger partial charge in [0.1, 0.15) is 4.83 Å². The first kappa shape index (κ1) is 21.3. The van der Waals surface area contributed by atoms with E-state index in [2.05, 4.69) is 10.3 Å². The molecule has 1 N–H and O–H groups in total. The van der Waals surface area contributed by atoms with Gasteiger partial charge in [0.15, 0.2) is 5.16 Å². The molecule has 0 unspecified atom stereocenters. The summed E-state index contributed by atoms with van der Waals surface area (Å²) in [6, 6.07) is 3.82. The van der Waals surface area contributed by atoms with Crippen LogP contribution in [0.25, 0.3) is 10.2 Å². The molecule has 0 fully saturated rings. The average molecular weight is 453 g/mol. The van der Waals surface area contributed by atoms with E-state index >= 15 is 0 Å². The van der Waals surface area contributed by atoms with Crippen molar-refractivity contribution >= 4 is 62.2 Å². The van der Waals surface area contributed by atoms with Crippen molar-refractivity contribution in [2.45, 2.75) is 32.5 Å². The summed E-state index contributed by atoms with van der Waals surface area (Å²) in [4.78, 5) is 41.8. The van der Waals surface area contributed by atoms with Gasteiger partial charge in [0, 0.05) is 23.6 Å². The van der Waals surface area contributed by atoms with Crippen LogP contribution in [0.2, 0.25) is 5.02 Å². The second-order valence-corrected chi connectivity index (χ2v) is 8.72. The van der Waals surface area contributed by atoms with Gasteiger partial charge in [-0.2, -0.15) is 0 Å². The van der Waals surface area contributed by atoms with Gasteiger partial charge >= 0.3 is 0 Å². The SMILES string of the molecule is CCn1c(SCC(=O)Nc2cc([N+](=O)[O-])ccc2Cl)nc2sc(C)c(C)c2c1=O. The molecular formula is C18H17ClN4O4S2. The van der Waals surface area contributed by atoms with E-state index in [1.165, 1.54) is 29.5 Å². The number of rotatable bonds is 6. The standard InChI is InChI=1S/C18H17ClN4O4S2/c1-4-22-17(25)15-9(2)10(3)29-16(15)21-18(22)28-8-14(24)20-13-7-11(23(26)27)5-6-12(13)19/h5-7H,4,8H2,1-3H3,(H,20,24). The van der Waals surface area contributed by atoms with E-state index in [1.807, 2.05) is 20.8 Å². The molecule has 0 aliphatic carbocycles. The number of nitrogens with zero attached hydrogens (tertiary/aromatic N) is 3. The normalized spacial score (nSPS) is 11.0. The van der Waals surface area contributed by atoms with Crippen LogP contribution >= 0.6 is 34.7 Å². The average Bonchev–Trinajstić information content (AvgIpc) is 2.95. The Balaban J connectivity index is 1.82. The number of halogens is 1. The quantitative estimate of drug-likeness (QED) is 0.257. The number of aryl methyl sites for hydroxylation is 2. The zero-order chi connectivity index (χ0) is 21.3. The molecule has 152 valence electrons. The predicted octanol–water partition coefficient (Wildman–Crippen LogP) is 4.39. The van der Waals surface area contributed by atoms with Crippen molar-refractivity contribution in [1.29, 1.82) is 0 Å². The summed E-state index contributed by atoms with van der Waals surface area (Å²) >= 11 is 8.59. The largest absolute Gasteiger partial charge is 0.324 e. The molecule has 11 heteroatoms. The fourth-order valence-electron chi connectivity index (χ4n) is 2.74. The first-order chi connectivity index (χ1) is 13.7. The van der Waals surface area contributed by atoms with Gasteiger partial charge in [0.05, 0.1) is 26.8 Å². The van der Waals surface area contributed by atoms with Crippen molar-refractivity contribution in [1.82, 2.24) is 9.55 Å². The van der Waals surface area contributed by atoms with E-state index in [4.69, 9.17) is 11.6 Å². The first-order valence-corrected chi connectivity index (χ1v) is 10.8. The van der Waals surface area contributed by atoms with Crippen molar-refractivity contribution in [3.05, 3.63) is 54.1 Å². The van der Waals surface area contributed by atoms with Gasteiger partial charge in [-0.25, -0.2) is 4.98 Å². The van der Waals surface area contributed by atoms with Crippen LogP contribution in [0.3, 0.4) is 0 Å². The second kappa shape index (κ2) is 8.52. The van der Waals surface area contributed by atoms with E-state index in [9.17, 15) is 19.7 Å². The number of aromatic nitrogens is 2. The molecule has 1 aromatic carbocycles. The molecule has 0 bridgehead atoms. The second-order valence-electron chi connectivity index (χ2n) is 6.17. The van der Waals surface area contributed by atoms with Crippen molar-refractivity contribution in [3.8, 4) is 0 Å². The van der Waals surface area contributed by atoms with Crippen LogP contribution in [-0.2, 0) is 11.3 Å². The number of hydrogen-bond donors (Lipinski definition) is 1. The number of thiophene rings is 1. The third-order valence-electron chi connectivity index (χ3n) is 4.34. The minimum absolute atomic E-state index is 0.0275. The molecule has 0 radical (unpaired) electrons. The lowest BCUT2D eigenvalue weighted by Gasteiger charge is -2.10. The fourth-order valence-corrected chi connectivity index (χ4v) is 4.84. The van der Waals surface area contributed by atoms with Crippen molar-refractivity contribution in [2.75, 3.05) is 11.1 Å². The van der Waals surface area contributed by atoms with Crippen LogP contribution in [0, 0.1) is 24.0 Å². The summed E-state index contributed by atoms with van der Waals surface area (Å²) in [6.07, 6.45) is 0. The molecule has 0 saturated carbocycles. The maximum absolute atomic E-state index is 12.8. The minimum atomic E-state index is -0.565. The number of non-ortho nitro benzene ring substituents is 1.